The van der Waals surface area contributed by atoms with Crippen molar-refractivity contribution < 1.29 is 9.90 Å². The van der Waals surface area contributed by atoms with E-state index in [1.165, 1.54) is 0 Å². The molecule has 1 unspecified atom stereocenters. The number of carboxylic acid groups (broad SMARTS) is 1. The molecule has 2 aromatic rings. The van der Waals surface area contributed by atoms with Gasteiger partial charge in [-0.1, -0.05) is 67.1 Å². The Hall–Kier alpha value is -2.13. The van der Waals surface area contributed by atoms with Crippen LogP contribution in [0.1, 0.15) is 36.4 Å². The van der Waals surface area contributed by atoms with Crippen molar-refractivity contribution in [2.24, 2.45) is 0 Å². The van der Waals surface area contributed by atoms with Crippen molar-refractivity contribution in [2.75, 3.05) is 6.54 Å². The Bertz CT molecular complexity index is 572. The van der Waals surface area contributed by atoms with Crippen LogP contribution in [0.25, 0.3) is 0 Å². The molecule has 0 bridgehead atoms. The first-order valence-electron chi connectivity index (χ1n) is 7.86. The summed E-state index contributed by atoms with van der Waals surface area (Å²) < 4.78 is 0. The van der Waals surface area contributed by atoms with E-state index in [2.05, 4.69) is 29.2 Å². The Balaban J connectivity index is 2.03. The minimum Gasteiger partial charge on any atom is -0.480 e. The first-order valence-corrected chi connectivity index (χ1v) is 7.86. The van der Waals surface area contributed by atoms with Gasteiger partial charge in [-0.3, -0.25) is 9.69 Å². The van der Waals surface area contributed by atoms with E-state index >= 15 is 0 Å². The summed E-state index contributed by atoms with van der Waals surface area (Å²) in [5.74, 6) is -0.712. The Kier molecular flexibility index (Phi) is 4.54. The molecule has 1 fully saturated rings. The molecule has 0 aliphatic carbocycles. The number of carboxylic acids is 1. The third kappa shape index (κ3) is 3.04. The van der Waals surface area contributed by atoms with Gasteiger partial charge in [-0.25, -0.2) is 0 Å². The number of hydrogen-bond donors (Lipinski definition) is 1. The van der Waals surface area contributed by atoms with Gasteiger partial charge in [-0.05, 0) is 30.5 Å². The fourth-order valence-corrected chi connectivity index (χ4v) is 3.37. The lowest BCUT2D eigenvalue weighted by atomic mass is 9.92. The van der Waals surface area contributed by atoms with Gasteiger partial charge < -0.3 is 5.11 Å². The maximum absolute atomic E-state index is 11.7. The summed E-state index contributed by atoms with van der Waals surface area (Å²) in [6, 6.07) is 20.0. The predicted molar refractivity (Wildman–Crippen MR) is 86.7 cm³/mol. The van der Waals surface area contributed by atoms with E-state index in [-0.39, 0.29) is 6.04 Å². The third-order valence-electron chi connectivity index (χ3n) is 4.39. The predicted octanol–water partition coefficient (Wildman–Crippen LogP) is 3.72. The zero-order valence-corrected chi connectivity index (χ0v) is 12.6. The Morgan fingerprint density at radius 1 is 0.955 bits per heavy atom. The van der Waals surface area contributed by atoms with Crippen LogP contribution in [0.4, 0.5) is 0 Å². The van der Waals surface area contributed by atoms with Crippen LogP contribution in [0.3, 0.4) is 0 Å². The molecule has 22 heavy (non-hydrogen) atoms. The summed E-state index contributed by atoms with van der Waals surface area (Å²) in [7, 11) is 0. The quantitative estimate of drug-likeness (QED) is 0.934. The second kappa shape index (κ2) is 6.75. The minimum atomic E-state index is -0.712. The van der Waals surface area contributed by atoms with Crippen LogP contribution in [-0.4, -0.2) is 28.6 Å². The van der Waals surface area contributed by atoms with Crippen LogP contribution in [0.5, 0.6) is 0 Å². The molecule has 1 atom stereocenters. The van der Waals surface area contributed by atoms with Gasteiger partial charge in [-0.15, -0.1) is 0 Å². The van der Waals surface area contributed by atoms with Crippen molar-refractivity contribution in [3.05, 3.63) is 71.8 Å². The molecule has 1 N–H and O–H groups in total. The summed E-state index contributed by atoms with van der Waals surface area (Å²) in [5, 5.41) is 9.61. The second-order valence-electron chi connectivity index (χ2n) is 5.81. The van der Waals surface area contributed by atoms with E-state index in [9.17, 15) is 9.90 Å². The molecule has 2 aromatic carbocycles. The van der Waals surface area contributed by atoms with E-state index in [4.69, 9.17) is 0 Å². The third-order valence-corrected chi connectivity index (χ3v) is 4.39. The number of rotatable bonds is 4. The normalized spacial score (nSPS) is 19.2. The van der Waals surface area contributed by atoms with Crippen LogP contribution >= 0.6 is 0 Å². The molecule has 0 aromatic heterocycles. The molecule has 0 saturated carbocycles. The zero-order chi connectivity index (χ0) is 15.4. The molecule has 1 aliphatic rings. The van der Waals surface area contributed by atoms with Crippen molar-refractivity contribution in [1.29, 1.82) is 0 Å². The maximum atomic E-state index is 11.7. The van der Waals surface area contributed by atoms with E-state index < -0.39 is 12.0 Å². The van der Waals surface area contributed by atoms with Crippen LogP contribution in [0, 0.1) is 0 Å². The minimum absolute atomic E-state index is 0.00352. The fourth-order valence-electron chi connectivity index (χ4n) is 3.37. The van der Waals surface area contributed by atoms with Crippen LogP contribution < -0.4 is 0 Å². The smallest absolute Gasteiger partial charge is 0.320 e. The molecule has 1 heterocycles. The number of nitrogens with zero attached hydrogens (tertiary/aromatic N) is 1. The van der Waals surface area contributed by atoms with Crippen LogP contribution in [0.2, 0.25) is 0 Å². The Labute approximate surface area is 131 Å². The van der Waals surface area contributed by atoms with E-state index in [0.29, 0.717) is 0 Å². The van der Waals surface area contributed by atoms with E-state index in [1.54, 1.807) is 0 Å². The average Bonchev–Trinajstić information content (AvgIpc) is 2.57. The van der Waals surface area contributed by atoms with Gasteiger partial charge in [0.25, 0.3) is 0 Å². The molecule has 3 rings (SSSR count). The van der Waals surface area contributed by atoms with E-state index in [0.717, 1.165) is 36.9 Å². The molecular weight excluding hydrogens is 274 g/mol. The Morgan fingerprint density at radius 3 is 2.00 bits per heavy atom. The van der Waals surface area contributed by atoms with Crippen molar-refractivity contribution in [3.8, 4) is 0 Å². The maximum Gasteiger partial charge on any atom is 0.320 e. The molecule has 1 saturated heterocycles. The molecule has 0 spiro atoms. The molecule has 114 valence electrons. The fraction of sp³-hybridized carbons (Fsp3) is 0.316. The topological polar surface area (TPSA) is 40.5 Å². The molecule has 3 heteroatoms. The lowest BCUT2D eigenvalue weighted by Gasteiger charge is -2.39. The lowest BCUT2D eigenvalue weighted by molar-refractivity contribution is -0.145. The first kappa shape index (κ1) is 14.8. The van der Waals surface area contributed by atoms with E-state index in [1.807, 2.05) is 36.4 Å². The molecular formula is C19H21NO2. The lowest BCUT2D eigenvalue weighted by Crippen LogP contribution is -2.46. The Morgan fingerprint density at radius 2 is 1.50 bits per heavy atom. The van der Waals surface area contributed by atoms with Crippen molar-refractivity contribution in [3.63, 3.8) is 0 Å². The van der Waals surface area contributed by atoms with Gasteiger partial charge in [0.05, 0.1) is 6.04 Å². The summed E-state index contributed by atoms with van der Waals surface area (Å²) >= 11 is 0. The standard InChI is InChI=1S/C19H21NO2/c21-19(22)17-13-7-8-14-20(17)18(15-9-3-1-4-10-15)16-11-5-2-6-12-16/h1-6,9-12,17-18H,7-8,13-14H2,(H,21,22). The number of benzene rings is 2. The summed E-state index contributed by atoms with van der Waals surface area (Å²) in [6.07, 6.45) is 2.77. The number of likely N-dealkylation sites (tertiary alicyclic amines) is 1. The molecule has 1 aliphatic heterocycles. The van der Waals surface area contributed by atoms with Gasteiger partial charge in [0.2, 0.25) is 0 Å². The SMILES string of the molecule is O=C(O)C1CCCCN1C(c1ccccc1)c1ccccc1. The zero-order valence-electron chi connectivity index (χ0n) is 12.6. The summed E-state index contributed by atoms with van der Waals surface area (Å²) in [5.41, 5.74) is 2.31. The van der Waals surface area contributed by atoms with Crippen molar-refractivity contribution >= 4 is 5.97 Å². The number of carbonyl (C=O) groups is 1. The van der Waals surface area contributed by atoms with Crippen LogP contribution in [0.15, 0.2) is 60.7 Å². The van der Waals surface area contributed by atoms with Gasteiger partial charge in [0.1, 0.15) is 6.04 Å². The number of aliphatic carboxylic acids is 1. The number of piperidine rings is 1. The average molecular weight is 295 g/mol. The highest BCUT2D eigenvalue weighted by Gasteiger charge is 2.34. The summed E-state index contributed by atoms with van der Waals surface area (Å²) in [6.45, 7) is 0.825. The van der Waals surface area contributed by atoms with Crippen LogP contribution in [-0.2, 0) is 4.79 Å². The van der Waals surface area contributed by atoms with Crippen molar-refractivity contribution in [2.45, 2.75) is 31.3 Å². The highest BCUT2D eigenvalue weighted by molar-refractivity contribution is 5.73. The van der Waals surface area contributed by atoms with Gasteiger partial charge in [0, 0.05) is 0 Å². The number of hydrogen-bond acceptors (Lipinski definition) is 2. The second-order valence-corrected chi connectivity index (χ2v) is 5.81. The highest BCUT2D eigenvalue weighted by Crippen LogP contribution is 2.33. The monoisotopic (exact) mass is 295 g/mol. The molecule has 0 radical (unpaired) electrons. The first-order chi connectivity index (χ1) is 10.8. The van der Waals surface area contributed by atoms with Gasteiger partial charge >= 0.3 is 5.97 Å². The summed E-state index contributed by atoms with van der Waals surface area (Å²) in [4.78, 5) is 13.8. The van der Waals surface area contributed by atoms with Gasteiger partial charge in [0.15, 0.2) is 0 Å². The highest BCUT2D eigenvalue weighted by atomic mass is 16.4. The molecule has 3 nitrogen and oxygen atoms in total. The molecule has 0 amide bonds. The largest absolute Gasteiger partial charge is 0.480 e. The van der Waals surface area contributed by atoms with Gasteiger partial charge in [-0.2, -0.15) is 0 Å². The van der Waals surface area contributed by atoms with Crippen molar-refractivity contribution in [1.82, 2.24) is 4.90 Å².